The Labute approximate surface area is 122 Å². The molecule has 0 radical (unpaired) electrons. The van der Waals surface area contributed by atoms with Gasteiger partial charge in [-0.15, -0.1) is 0 Å². The first-order valence-electron chi connectivity index (χ1n) is 7.00. The molecule has 2 aliphatic rings. The molecule has 1 N–H and O–H groups in total. The summed E-state index contributed by atoms with van der Waals surface area (Å²) < 4.78 is 1.89. The average molecular weight is 290 g/mol. The lowest BCUT2D eigenvalue weighted by molar-refractivity contribution is 0.0924. The quantitative estimate of drug-likeness (QED) is 0.918. The molecule has 0 aromatic carbocycles. The molecule has 2 unspecified atom stereocenters. The van der Waals surface area contributed by atoms with Gasteiger partial charge in [-0.05, 0) is 37.1 Å². The van der Waals surface area contributed by atoms with Crippen LogP contribution in [0.5, 0.6) is 0 Å². The highest BCUT2D eigenvalue weighted by Crippen LogP contribution is 2.28. The van der Waals surface area contributed by atoms with Crippen LogP contribution in [-0.2, 0) is 0 Å². The van der Waals surface area contributed by atoms with Crippen LogP contribution in [0.2, 0.25) is 5.02 Å². The smallest absolute Gasteiger partial charge is 0.253 e. The van der Waals surface area contributed by atoms with E-state index in [1.54, 1.807) is 0 Å². The summed E-state index contributed by atoms with van der Waals surface area (Å²) in [6.45, 7) is 3.32. The van der Waals surface area contributed by atoms with Crippen LogP contribution in [-0.4, -0.2) is 40.9 Å². The van der Waals surface area contributed by atoms with Crippen molar-refractivity contribution in [3.05, 3.63) is 41.2 Å². The maximum Gasteiger partial charge on any atom is 0.253 e. The van der Waals surface area contributed by atoms with E-state index in [2.05, 4.69) is 10.2 Å². The van der Waals surface area contributed by atoms with Gasteiger partial charge < -0.3 is 14.6 Å². The highest BCUT2D eigenvalue weighted by Gasteiger charge is 2.38. The van der Waals surface area contributed by atoms with Gasteiger partial charge in [-0.2, -0.15) is 0 Å². The first-order valence-corrected chi connectivity index (χ1v) is 7.38. The summed E-state index contributed by atoms with van der Waals surface area (Å²) in [5.41, 5.74) is 1.61. The summed E-state index contributed by atoms with van der Waals surface area (Å²) in [6.07, 6.45) is 4.92. The minimum atomic E-state index is 0.00970. The van der Waals surface area contributed by atoms with Gasteiger partial charge in [0.1, 0.15) is 0 Å². The second-order valence-electron chi connectivity index (χ2n) is 5.76. The van der Waals surface area contributed by atoms with E-state index in [4.69, 9.17) is 11.6 Å². The molecule has 5 heteroatoms. The van der Waals surface area contributed by atoms with Crippen molar-refractivity contribution in [1.82, 2.24) is 14.6 Å². The zero-order valence-corrected chi connectivity index (χ0v) is 11.8. The van der Waals surface area contributed by atoms with Gasteiger partial charge in [0.25, 0.3) is 5.91 Å². The van der Waals surface area contributed by atoms with E-state index in [0.717, 1.165) is 18.6 Å². The molecule has 2 aromatic rings. The number of piperidine rings is 1. The first kappa shape index (κ1) is 12.2. The second kappa shape index (κ2) is 4.50. The maximum atomic E-state index is 12.4. The number of amides is 1. The van der Waals surface area contributed by atoms with Crippen LogP contribution in [0.4, 0.5) is 0 Å². The van der Waals surface area contributed by atoms with Crippen molar-refractivity contribution in [2.45, 2.75) is 12.5 Å². The van der Waals surface area contributed by atoms with Crippen LogP contribution in [0.1, 0.15) is 16.8 Å². The third-order valence-electron chi connectivity index (χ3n) is 4.51. The molecule has 2 aliphatic heterocycles. The van der Waals surface area contributed by atoms with Gasteiger partial charge in [0.05, 0.1) is 16.1 Å². The topological polar surface area (TPSA) is 36.8 Å². The van der Waals surface area contributed by atoms with Crippen molar-refractivity contribution >= 4 is 23.0 Å². The number of hydrogen-bond acceptors (Lipinski definition) is 2. The van der Waals surface area contributed by atoms with Crippen LogP contribution < -0.4 is 5.32 Å². The number of nitrogens with zero attached hydrogens (tertiary/aromatic N) is 2. The Morgan fingerprint density at radius 3 is 2.95 bits per heavy atom. The van der Waals surface area contributed by atoms with Crippen LogP contribution in [0, 0.1) is 5.92 Å². The van der Waals surface area contributed by atoms with E-state index in [1.165, 1.54) is 13.0 Å². The molecule has 0 saturated carbocycles. The Balaban J connectivity index is 1.54. The number of pyridine rings is 1. The molecule has 4 rings (SSSR count). The number of fused-ring (bicyclic) bond motifs is 3. The van der Waals surface area contributed by atoms with Gasteiger partial charge in [-0.25, -0.2) is 0 Å². The Morgan fingerprint density at radius 1 is 1.30 bits per heavy atom. The molecule has 4 nitrogen and oxygen atoms in total. The van der Waals surface area contributed by atoms with Crippen molar-refractivity contribution in [2.75, 3.05) is 19.6 Å². The van der Waals surface area contributed by atoms with E-state index in [0.29, 0.717) is 22.5 Å². The molecule has 2 fully saturated rings. The van der Waals surface area contributed by atoms with Crippen LogP contribution >= 0.6 is 11.6 Å². The van der Waals surface area contributed by atoms with Gasteiger partial charge in [-0.1, -0.05) is 11.6 Å². The van der Waals surface area contributed by atoms with Crippen LogP contribution in [0.3, 0.4) is 0 Å². The normalized spacial score (nSPS) is 28.1. The number of nitrogens with one attached hydrogen (secondary N) is 1. The zero-order valence-electron chi connectivity index (χ0n) is 11.1. The Hall–Kier alpha value is -1.52. The third-order valence-corrected chi connectivity index (χ3v) is 4.83. The molecule has 0 aliphatic carbocycles. The Kier molecular flexibility index (Phi) is 2.75. The molecule has 2 aromatic heterocycles. The van der Waals surface area contributed by atoms with E-state index >= 15 is 0 Å². The monoisotopic (exact) mass is 289 g/mol. The van der Waals surface area contributed by atoms with E-state index in [9.17, 15) is 4.79 Å². The fourth-order valence-electron chi connectivity index (χ4n) is 3.41. The lowest BCUT2D eigenvalue weighted by Gasteiger charge is -2.23. The lowest BCUT2D eigenvalue weighted by atomic mass is 10.00. The van der Waals surface area contributed by atoms with Crippen molar-refractivity contribution in [3.8, 4) is 0 Å². The average Bonchev–Trinajstić information content (AvgIpc) is 3.14. The van der Waals surface area contributed by atoms with E-state index in [1.807, 2.05) is 35.0 Å². The fraction of sp³-hybridized carbons (Fsp3) is 0.400. The van der Waals surface area contributed by atoms with Crippen LogP contribution in [0.15, 0.2) is 30.6 Å². The summed E-state index contributed by atoms with van der Waals surface area (Å²) in [7, 11) is 0. The number of aromatic nitrogens is 1. The SMILES string of the molecule is O=C(NC1CN2CC[C@H]1C2)c1ccc2c(Cl)ccn2c1. The molecule has 0 spiro atoms. The molecule has 104 valence electrons. The highest BCUT2D eigenvalue weighted by atomic mass is 35.5. The van der Waals surface area contributed by atoms with Gasteiger partial charge in [0.2, 0.25) is 0 Å². The summed E-state index contributed by atoms with van der Waals surface area (Å²) in [5.74, 6) is 0.638. The number of rotatable bonds is 2. The minimum Gasteiger partial charge on any atom is -0.348 e. The summed E-state index contributed by atoms with van der Waals surface area (Å²) in [6, 6.07) is 5.87. The summed E-state index contributed by atoms with van der Waals surface area (Å²) in [5, 5.41) is 3.88. The summed E-state index contributed by atoms with van der Waals surface area (Å²) in [4.78, 5) is 14.8. The molecular weight excluding hydrogens is 274 g/mol. The van der Waals surface area contributed by atoms with Crippen molar-refractivity contribution in [3.63, 3.8) is 0 Å². The highest BCUT2D eigenvalue weighted by molar-refractivity contribution is 6.34. The molecule has 2 bridgehead atoms. The molecule has 1 amide bonds. The van der Waals surface area contributed by atoms with Gasteiger partial charge in [0.15, 0.2) is 0 Å². The van der Waals surface area contributed by atoms with Gasteiger partial charge >= 0.3 is 0 Å². The Morgan fingerprint density at radius 2 is 2.20 bits per heavy atom. The van der Waals surface area contributed by atoms with Crippen molar-refractivity contribution < 1.29 is 4.79 Å². The van der Waals surface area contributed by atoms with Gasteiger partial charge in [-0.3, -0.25) is 4.79 Å². The zero-order chi connectivity index (χ0) is 13.7. The first-order chi connectivity index (χ1) is 9.70. The fourth-order valence-corrected chi connectivity index (χ4v) is 3.63. The van der Waals surface area contributed by atoms with Crippen molar-refractivity contribution in [2.24, 2.45) is 5.92 Å². The lowest BCUT2D eigenvalue weighted by Crippen LogP contribution is -2.43. The number of carbonyl (C=O) groups excluding carboxylic acids is 1. The molecule has 20 heavy (non-hydrogen) atoms. The second-order valence-corrected chi connectivity index (χ2v) is 6.17. The standard InChI is InChI=1S/C15H16ClN3O/c16-12-4-6-19-8-11(1-2-14(12)19)15(20)17-13-9-18-5-3-10(13)7-18/h1-2,4,6,8,10,13H,3,5,7,9H2,(H,17,20)/t10-,13?/m0/s1. The van der Waals surface area contributed by atoms with E-state index < -0.39 is 0 Å². The molecule has 4 heterocycles. The largest absolute Gasteiger partial charge is 0.348 e. The third kappa shape index (κ3) is 1.91. The number of hydrogen-bond donors (Lipinski definition) is 1. The minimum absolute atomic E-state index is 0.00970. The Bertz CT molecular complexity index is 681. The predicted octanol–water partition coefficient (Wildman–Crippen LogP) is 2.03. The molecule has 3 atom stereocenters. The number of carbonyl (C=O) groups is 1. The summed E-state index contributed by atoms with van der Waals surface area (Å²) >= 11 is 6.06. The predicted molar refractivity (Wildman–Crippen MR) is 78.2 cm³/mol. The van der Waals surface area contributed by atoms with Crippen LogP contribution in [0.25, 0.3) is 5.52 Å². The maximum absolute atomic E-state index is 12.4. The molecule has 2 saturated heterocycles. The number of halogens is 1. The van der Waals surface area contributed by atoms with Gasteiger partial charge in [0, 0.05) is 31.5 Å². The van der Waals surface area contributed by atoms with Crippen molar-refractivity contribution in [1.29, 1.82) is 0 Å². The molecular formula is C15H16ClN3O. The van der Waals surface area contributed by atoms with E-state index in [-0.39, 0.29) is 5.91 Å².